The van der Waals surface area contributed by atoms with Crippen molar-refractivity contribution in [1.82, 2.24) is 4.90 Å². The van der Waals surface area contributed by atoms with Gasteiger partial charge in [-0.2, -0.15) is 0 Å². The van der Waals surface area contributed by atoms with Crippen molar-refractivity contribution in [3.8, 4) is 11.5 Å². The van der Waals surface area contributed by atoms with Crippen LogP contribution in [0.15, 0.2) is 18.2 Å². The summed E-state index contributed by atoms with van der Waals surface area (Å²) in [4.78, 5) is 14.3. The van der Waals surface area contributed by atoms with Crippen molar-refractivity contribution >= 4 is 5.91 Å². The fourth-order valence-corrected chi connectivity index (χ4v) is 2.43. The second-order valence-corrected chi connectivity index (χ2v) is 5.02. The largest absolute Gasteiger partial charge is 0.497 e. The van der Waals surface area contributed by atoms with Crippen molar-refractivity contribution < 1.29 is 19.4 Å². The number of carbonyl (C=O) groups is 1. The molecule has 1 aliphatic heterocycles. The van der Waals surface area contributed by atoms with Crippen molar-refractivity contribution in [2.24, 2.45) is 5.92 Å². The first-order valence-corrected chi connectivity index (χ1v) is 6.81. The van der Waals surface area contributed by atoms with Crippen LogP contribution in [0.25, 0.3) is 0 Å². The molecule has 110 valence electrons. The lowest BCUT2D eigenvalue weighted by molar-refractivity contribution is 0.0650. The van der Waals surface area contributed by atoms with E-state index in [1.165, 1.54) is 0 Å². The summed E-state index contributed by atoms with van der Waals surface area (Å²) >= 11 is 0. The molecular formula is C15H21NO4. The van der Waals surface area contributed by atoms with Crippen LogP contribution in [-0.4, -0.2) is 49.8 Å². The summed E-state index contributed by atoms with van der Waals surface area (Å²) in [6, 6.07) is 5.20. The molecule has 0 bridgehead atoms. The monoisotopic (exact) mass is 279 g/mol. The van der Waals surface area contributed by atoms with E-state index >= 15 is 0 Å². The van der Waals surface area contributed by atoms with Crippen molar-refractivity contribution in [3.05, 3.63) is 23.8 Å². The van der Waals surface area contributed by atoms with Crippen molar-refractivity contribution in [3.63, 3.8) is 0 Å². The van der Waals surface area contributed by atoms with Gasteiger partial charge in [0.05, 0.1) is 14.2 Å². The number of ether oxygens (including phenoxy) is 2. The highest BCUT2D eigenvalue weighted by molar-refractivity contribution is 5.95. The molecule has 0 atom stereocenters. The number of rotatable bonds is 4. The highest BCUT2D eigenvalue weighted by Crippen LogP contribution is 2.25. The van der Waals surface area contributed by atoms with Gasteiger partial charge in [0, 0.05) is 31.3 Å². The fourth-order valence-electron chi connectivity index (χ4n) is 2.43. The summed E-state index contributed by atoms with van der Waals surface area (Å²) in [5.41, 5.74) is 0.573. The van der Waals surface area contributed by atoms with Gasteiger partial charge in [0.1, 0.15) is 11.5 Å². The van der Waals surface area contributed by atoms with Crippen LogP contribution in [-0.2, 0) is 0 Å². The Balaban J connectivity index is 2.12. The molecule has 1 aromatic rings. The zero-order valence-electron chi connectivity index (χ0n) is 12.0. The Morgan fingerprint density at radius 2 is 1.75 bits per heavy atom. The SMILES string of the molecule is COc1cc(OC)cc(C(=O)N2CCC(CO)CC2)c1. The molecule has 0 aromatic heterocycles. The maximum absolute atomic E-state index is 12.5. The standard InChI is InChI=1S/C15H21NO4/c1-19-13-7-12(8-14(9-13)20-2)15(18)16-5-3-11(10-17)4-6-16/h7-9,11,17H,3-6,10H2,1-2H3. The van der Waals surface area contributed by atoms with Crippen LogP contribution in [0.2, 0.25) is 0 Å². The van der Waals surface area contributed by atoms with E-state index in [9.17, 15) is 4.79 Å². The number of methoxy groups -OCH3 is 2. The van der Waals surface area contributed by atoms with E-state index in [0.29, 0.717) is 36.1 Å². The first-order chi connectivity index (χ1) is 9.67. The molecule has 1 fully saturated rings. The quantitative estimate of drug-likeness (QED) is 0.908. The van der Waals surface area contributed by atoms with Gasteiger partial charge in [0.15, 0.2) is 0 Å². The lowest BCUT2D eigenvalue weighted by Gasteiger charge is -2.31. The minimum absolute atomic E-state index is 0.0152. The third-order valence-electron chi connectivity index (χ3n) is 3.76. The molecule has 0 saturated carbocycles. The van der Waals surface area contributed by atoms with Gasteiger partial charge in [-0.15, -0.1) is 0 Å². The molecule has 20 heavy (non-hydrogen) atoms. The van der Waals surface area contributed by atoms with Gasteiger partial charge < -0.3 is 19.5 Å². The molecule has 1 saturated heterocycles. The Labute approximate surface area is 119 Å². The van der Waals surface area contributed by atoms with Crippen LogP contribution >= 0.6 is 0 Å². The number of aliphatic hydroxyl groups is 1. The molecule has 0 aliphatic carbocycles. The van der Waals surface area contributed by atoms with Crippen molar-refractivity contribution in [2.75, 3.05) is 33.9 Å². The number of nitrogens with zero attached hydrogens (tertiary/aromatic N) is 1. The molecule has 0 unspecified atom stereocenters. The first-order valence-electron chi connectivity index (χ1n) is 6.81. The van der Waals surface area contributed by atoms with E-state index in [4.69, 9.17) is 14.6 Å². The number of likely N-dealkylation sites (tertiary alicyclic amines) is 1. The van der Waals surface area contributed by atoms with Gasteiger partial charge in [0.2, 0.25) is 0 Å². The second-order valence-electron chi connectivity index (χ2n) is 5.02. The third kappa shape index (κ3) is 3.22. The summed E-state index contributed by atoms with van der Waals surface area (Å²) in [7, 11) is 3.13. The van der Waals surface area contributed by atoms with E-state index in [1.807, 2.05) is 4.90 Å². The fraction of sp³-hybridized carbons (Fsp3) is 0.533. The van der Waals surface area contributed by atoms with Crippen LogP contribution in [0.3, 0.4) is 0 Å². The molecule has 1 heterocycles. The zero-order valence-corrected chi connectivity index (χ0v) is 12.0. The predicted molar refractivity (Wildman–Crippen MR) is 75.3 cm³/mol. The minimum Gasteiger partial charge on any atom is -0.497 e. The molecule has 5 heteroatoms. The first kappa shape index (κ1) is 14.7. The summed E-state index contributed by atoms with van der Waals surface area (Å²) in [5.74, 6) is 1.52. The summed E-state index contributed by atoms with van der Waals surface area (Å²) in [5, 5.41) is 9.13. The van der Waals surface area contributed by atoms with Crippen LogP contribution in [0.1, 0.15) is 23.2 Å². The third-order valence-corrected chi connectivity index (χ3v) is 3.76. The van der Waals surface area contributed by atoms with Gasteiger partial charge in [0.25, 0.3) is 5.91 Å². The average Bonchev–Trinajstić information content (AvgIpc) is 2.53. The van der Waals surface area contributed by atoms with Crippen LogP contribution in [0.4, 0.5) is 0 Å². The number of benzene rings is 1. The van der Waals surface area contributed by atoms with Crippen molar-refractivity contribution in [2.45, 2.75) is 12.8 Å². The number of piperidine rings is 1. The molecule has 1 amide bonds. The van der Waals surface area contributed by atoms with Gasteiger partial charge in [-0.3, -0.25) is 4.79 Å². The summed E-state index contributed by atoms with van der Waals surface area (Å²) < 4.78 is 10.4. The zero-order chi connectivity index (χ0) is 14.5. The maximum Gasteiger partial charge on any atom is 0.254 e. The summed E-state index contributed by atoms with van der Waals surface area (Å²) in [6.45, 7) is 1.57. The van der Waals surface area contributed by atoms with E-state index in [1.54, 1.807) is 32.4 Å². The van der Waals surface area contributed by atoms with Gasteiger partial charge in [-0.05, 0) is 30.9 Å². The number of hydrogen-bond donors (Lipinski definition) is 1. The minimum atomic E-state index is -0.0152. The Kier molecular flexibility index (Phi) is 4.84. The summed E-state index contributed by atoms with van der Waals surface area (Å²) in [6.07, 6.45) is 1.70. The Bertz CT molecular complexity index is 445. The van der Waals surface area contributed by atoms with Crippen LogP contribution in [0.5, 0.6) is 11.5 Å². The van der Waals surface area contributed by atoms with Crippen LogP contribution in [0, 0.1) is 5.92 Å². The highest BCUT2D eigenvalue weighted by atomic mass is 16.5. The normalized spacial score (nSPS) is 16.1. The topological polar surface area (TPSA) is 59.0 Å². The number of hydrogen-bond acceptors (Lipinski definition) is 4. The molecule has 1 N–H and O–H groups in total. The molecule has 1 aliphatic rings. The van der Waals surface area contributed by atoms with E-state index in [2.05, 4.69) is 0 Å². The van der Waals surface area contributed by atoms with Gasteiger partial charge in [-0.25, -0.2) is 0 Å². The molecule has 1 aromatic carbocycles. The van der Waals surface area contributed by atoms with Gasteiger partial charge >= 0.3 is 0 Å². The molecule has 0 radical (unpaired) electrons. The lowest BCUT2D eigenvalue weighted by atomic mass is 9.97. The van der Waals surface area contributed by atoms with Gasteiger partial charge in [-0.1, -0.05) is 0 Å². The molecule has 5 nitrogen and oxygen atoms in total. The Hall–Kier alpha value is -1.75. The number of amides is 1. The number of carbonyl (C=O) groups excluding carboxylic acids is 1. The second kappa shape index (κ2) is 6.61. The van der Waals surface area contributed by atoms with Crippen molar-refractivity contribution in [1.29, 1.82) is 0 Å². The van der Waals surface area contributed by atoms with E-state index in [-0.39, 0.29) is 12.5 Å². The average molecular weight is 279 g/mol. The van der Waals surface area contributed by atoms with E-state index < -0.39 is 0 Å². The Morgan fingerprint density at radius 1 is 1.20 bits per heavy atom. The lowest BCUT2D eigenvalue weighted by Crippen LogP contribution is -2.39. The smallest absolute Gasteiger partial charge is 0.254 e. The number of aliphatic hydroxyl groups excluding tert-OH is 1. The van der Waals surface area contributed by atoms with E-state index in [0.717, 1.165) is 12.8 Å². The predicted octanol–water partition coefficient (Wildman–Crippen LogP) is 1.55. The highest BCUT2D eigenvalue weighted by Gasteiger charge is 2.23. The molecule has 2 rings (SSSR count). The van der Waals surface area contributed by atoms with Crippen LogP contribution < -0.4 is 9.47 Å². The molecule has 0 spiro atoms. The Morgan fingerprint density at radius 3 is 2.20 bits per heavy atom. The maximum atomic E-state index is 12.5. The molecular weight excluding hydrogens is 258 g/mol.